The molecule has 0 saturated carbocycles. The summed E-state index contributed by atoms with van der Waals surface area (Å²) in [6, 6.07) is 0. The SMILES string of the molecule is C=CC(=O)OCC(COCC(COC(=O)C=C)(COC(=O)C=C)COC(=O)CCSCCO)(COC(=O)C=C)COC(=O)C=C. The van der Waals surface area contributed by atoms with Gasteiger partial charge in [-0.05, 0) is 0 Å². The summed E-state index contributed by atoms with van der Waals surface area (Å²) in [5.41, 5.74) is -3.00. The number of thioether (sulfide) groups is 1. The van der Waals surface area contributed by atoms with Crippen LogP contribution in [0, 0.1) is 10.8 Å². The van der Waals surface area contributed by atoms with Crippen LogP contribution in [-0.2, 0) is 61.9 Å². The van der Waals surface area contributed by atoms with Crippen LogP contribution in [0.25, 0.3) is 0 Å². The Hall–Kier alpha value is -4.21. The summed E-state index contributed by atoms with van der Waals surface area (Å²) in [6.07, 6.45) is 4.45. The molecule has 0 radical (unpaired) electrons. The molecule has 14 nitrogen and oxygen atoms in total. The highest BCUT2D eigenvalue weighted by Gasteiger charge is 2.40. The van der Waals surface area contributed by atoms with E-state index in [9.17, 15) is 28.8 Å². The van der Waals surface area contributed by atoms with Gasteiger partial charge in [0.15, 0.2) is 0 Å². The Bertz CT molecular complexity index is 983. The number of hydrogen-bond donors (Lipinski definition) is 1. The van der Waals surface area contributed by atoms with Crippen molar-refractivity contribution in [2.75, 3.05) is 71.0 Å². The molecule has 0 aliphatic carbocycles. The quantitative estimate of drug-likeness (QED) is 0.0607. The van der Waals surface area contributed by atoms with Gasteiger partial charge < -0.3 is 38.3 Å². The minimum absolute atomic E-state index is 0.0123. The average Bonchev–Trinajstić information content (AvgIpc) is 3.06. The number of esters is 6. The van der Waals surface area contributed by atoms with Crippen LogP contribution in [0.15, 0.2) is 63.3 Å². The number of ether oxygens (including phenoxy) is 7. The van der Waals surface area contributed by atoms with E-state index in [2.05, 4.69) is 32.9 Å². The van der Waals surface area contributed by atoms with Crippen molar-refractivity contribution in [3.63, 3.8) is 0 Å². The third-order valence-electron chi connectivity index (χ3n) is 5.48. The Kier molecular flexibility index (Phi) is 21.0. The van der Waals surface area contributed by atoms with Crippen molar-refractivity contribution in [1.82, 2.24) is 0 Å². The Morgan fingerprint density at radius 3 is 1.11 bits per heavy atom. The van der Waals surface area contributed by atoms with Crippen molar-refractivity contribution in [2.24, 2.45) is 10.8 Å². The Labute approximate surface area is 266 Å². The summed E-state index contributed by atoms with van der Waals surface area (Å²) >= 11 is 1.33. The predicted octanol–water partition coefficient (Wildman–Crippen LogP) is 1.28. The molecule has 0 aliphatic heterocycles. The molecule has 0 heterocycles. The van der Waals surface area contributed by atoms with Crippen molar-refractivity contribution in [2.45, 2.75) is 6.42 Å². The van der Waals surface area contributed by atoms with E-state index in [-0.39, 0.29) is 13.0 Å². The zero-order valence-corrected chi connectivity index (χ0v) is 25.9. The van der Waals surface area contributed by atoms with Crippen LogP contribution < -0.4 is 0 Å². The maximum absolute atomic E-state index is 12.5. The van der Waals surface area contributed by atoms with Crippen LogP contribution in [-0.4, -0.2) is 112 Å². The van der Waals surface area contributed by atoms with Crippen LogP contribution in [0.4, 0.5) is 0 Å². The zero-order chi connectivity index (χ0) is 34.1. The van der Waals surface area contributed by atoms with Gasteiger partial charge in [0.05, 0.1) is 37.1 Å². The van der Waals surface area contributed by atoms with Gasteiger partial charge in [0, 0.05) is 41.9 Å². The lowest BCUT2D eigenvalue weighted by Crippen LogP contribution is -2.47. The Morgan fingerprint density at radius 2 is 0.822 bits per heavy atom. The fourth-order valence-electron chi connectivity index (χ4n) is 3.03. The molecular formula is C30H40O14S. The topological polar surface area (TPSA) is 187 Å². The smallest absolute Gasteiger partial charge is 0.330 e. The van der Waals surface area contributed by atoms with Gasteiger partial charge in [-0.1, -0.05) is 32.9 Å². The number of carbonyl (C=O) groups excluding carboxylic acids is 6. The molecule has 15 heteroatoms. The molecule has 1 N–H and O–H groups in total. The fraction of sp³-hybridized carbons (Fsp3) is 0.467. The average molecular weight is 657 g/mol. The second-order valence-corrected chi connectivity index (χ2v) is 10.5. The summed E-state index contributed by atoms with van der Waals surface area (Å²) in [6.45, 7) is 12.8. The predicted molar refractivity (Wildman–Crippen MR) is 161 cm³/mol. The third kappa shape index (κ3) is 18.3. The van der Waals surface area contributed by atoms with E-state index in [4.69, 9.17) is 38.3 Å². The summed E-state index contributed by atoms with van der Waals surface area (Å²) < 4.78 is 37.3. The van der Waals surface area contributed by atoms with Crippen molar-refractivity contribution >= 4 is 47.6 Å². The molecular weight excluding hydrogens is 616 g/mol. The lowest BCUT2D eigenvalue weighted by molar-refractivity contribution is -0.170. The number of carbonyl (C=O) groups is 6. The number of aliphatic hydroxyl groups is 1. The fourth-order valence-corrected chi connectivity index (χ4v) is 3.67. The first-order valence-corrected chi connectivity index (χ1v) is 14.5. The Balaban J connectivity index is 6.30. The van der Waals surface area contributed by atoms with Crippen molar-refractivity contribution < 1.29 is 67.0 Å². The molecule has 0 rings (SSSR count). The van der Waals surface area contributed by atoms with Crippen LogP contribution in [0.5, 0.6) is 0 Å². The lowest BCUT2D eigenvalue weighted by Gasteiger charge is -2.35. The van der Waals surface area contributed by atoms with E-state index in [0.29, 0.717) is 11.5 Å². The molecule has 0 saturated heterocycles. The maximum atomic E-state index is 12.5. The summed E-state index contributed by atoms with van der Waals surface area (Å²) in [4.78, 5) is 72.0. The molecule has 0 atom stereocenters. The van der Waals surface area contributed by atoms with Crippen molar-refractivity contribution in [3.05, 3.63) is 63.3 Å². The number of aliphatic hydroxyl groups excluding tert-OH is 1. The van der Waals surface area contributed by atoms with Crippen LogP contribution in [0.3, 0.4) is 0 Å². The highest BCUT2D eigenvalue weighted by Crippen LogP contribution is 2.26. The van der Waals surface area contributed by atoms with Gasteiger partial charge >= 0.3 is 35.8 Å². The largest absolute Gasteiger partial charge is 0.465 e. The first-order chi connectivity index (χ1) is 21.4. The van der Waals surface area contributed by atoms with Gasteiger partial charge in [0.25, 0.3) is 0 Å². The summed E-state index contributed by atoms with van der Waals surface area (Å²) in [5.74, 6) is -4.03. The molecule has 0 bridgehead atoms. The van der Waals surface area contributed by atoms with Gasteiger partial charge in [-0.15, -0.1) is 0 Å². The monoisotopic (exact) mass is 656 g/mol. The summed E-state index contributed by atoms with van der Waals surface area (Å²) in [7, 11) is 0. The van der Waals surface area contributed by atoms with E-state index in [1.54, 1.807) is 0 Å². The first-order valence-electron chi connectivity index (χ1n) is 13.3. The second-order valence-electron chi connectivity index (χ2n) is 9.30. The van der Waals surface area contributed by atoms with E-state index >= 15 is 0 Å². The van der Waals surface area contributed by atoms with Gasteiger partial charge in [0.2, 0.25) is 0 Å². The van der Waals surface area contributed by atoms with Crippen LogP contribution in [0.2, 0.25) is 0 Å². The highest BCUT2D eigenvalue weighted by molar-refractivity contribution is 7.99. The molecule has 0 aromatic heterocycles. The Morgan fingerprint density at radius 1 is 0.511 bits per heavy atom. The summed E-state index contributed by atoms with van der Waals surface area (Å²) in [5, 5.41) is 8.92. The first kappa shape index (κ1) is 40.8. The normalized spacial score (nSPS) is 10.8. The number of rotatable bonds is 26. The molecule has 0 unspecified atom stereocenters. The molecule has 45 heavy (non-hydrogen) atoms. The van der Waals surface area contributed by atoms with Gasteiger partial charge in [0.1, 0.15) is 39.6 Å². The molecule has 250 valence electrons. The van der Waals surface area contributed by atoms with Crippen molar-refractivity contribution in [3.8, 4) is 0 Å². The van der Waals surface area contributed by atoms with E-state index in [0.717, 1.165) is 30.4 Å². The van der Waals surface area contributed by atoms with Crippen LogP contribution in [0.1, 0.15) is 6.42 Å². The number of hydrogen-bond acceptors (Lipinski definition) is 15. The lowest BCUT2D eigenvalue weighted by atomic mass is 9.90. The zero-order valence-electron chi connectivity index (χ0n) is 25.1. The molecule has 0 aromatic carbocycles. The van der Waals surface area contributed by atoms with Crippen LogP contribution >= 0.6 is 11.8 Å². The van der Waals surface area contributed by atoms with E-state index in [1.165, 1.54) is 11.8 Å². The van der Waals surface area contributed by atoms with Gasteiger partial charge in [-0.2, -0.15) is 11.8 Å². The molecule has 0 fully saturated rings. The standard InChI is InChI=1S/C30H40O14S/c1-6-23(32)39-17-29(18-40-24(33)7-2,19-41-25(34)8-3)15-38-16-30(20-42-26(35)9-4,21-43-27(36)10-5)22-44-28(37)11-13-45-14-12-31/h6-10,31H,1-5,11-22H2. The van der Waals surface area contributed by atoms with Gasteiger partial charge in [-0.3, -0.25) is 4.79 Å². The highest BCUT2D eigenvalue weighted by atomic mass is 32.2. The van der Waals surface area contributed by atoms with Gasteiger partial charge in [-0.25, -0.2) is 24.0 Å². The van der Waals surface area contributed by atoms with Crippen molar-refractivity contribution in [1.29, 1.82) is 0 Å². The minimum Gasteiger partial charge on any atom is -0.465 e. The molecule has 0 spiro atoms. The minimum atomic E-state index is -1.50. The molecule has 0 aromatic rings. The molecule has 0 amide bonds. The second kappa shape index (κ2) is 23.2. The van der Waals surface area contributed by atoms with E-state index in [1.807, 2.05) is 0 Å². The molecule has 0 aliphatic rings. The maximum Gasteiger partial charge on any atom is 0.330 e. The third-order valence-corrected chi connectivity index (χ3v) is 6.44. The van der Waals surface area contributed by atoms with E-state index < -0.39 is 99.5 Å².